The fourth-order valence-corrected chi connectivity index (χ4v) is 8.01. The Morgan fingerprint density at radius 2 is 1.56 bits per heavy atom. The van der Waals surface area contributed by atoms with Crippen LogP contribution in [-0.4, -0.2) is 60.3 Å². The van der Waals surface area contributed by atoms with Gasteiger partial charge in [0.25, 0.3) is 5.91 Å². The van der Waals surface area contributed by atoms with Crippen LogP contribution < -0.4 is 14.4 Å². The Balaban J connectivity index is 1.39. The van der Waals surface area contributed by atoms with E-state index in [0.29, 0.717) is 34.7 Å². The zero-order valence-electron chi connectivity index (χ0n) is 35.3. The molecule has 6 aromatic rings. The lowest BCUT2D eigenvalue weighted by Crippen LogP contribution is -2.53. The van der Waals surface area contributed by atoms with Gasteiger partial charge in [-0.25, -0.2) is 0 Å². The minimum Gasteiger partial charge on any atom is -0.497 e. The summed E-state index contributed by atoms with van der Waals surface area (Å²) in [5.41, 5.74) is 3.03. The number of nitrogens with zero attached hydrogens (tertiary/aromatic N) is 2. The van der Waals surface area contributed by atoms with Crippen molar-refractivity contribution in [3.63, 3.8) is 0 Å². The van der Waals surface area contributed by atoms with Crippen LogP contribution in [0.2, 0.25) is 0 Å². The van der Waals surface area contributed by atoms with Crippen molar-refractivity contribution in [1.82, 2.24) is 4.90 Å². The molecule has 0 bridgehead atoms. The number of amides is 2. The van der Waals surface area contributed by atoms with Crippen molar-refractivity contribution in [2.75, 3.05) is 25.2 Å². The topological polar surface area (TPSA) is 119 Å². The number of carbonyl (C=O) groups excluding carboxylic acids is 3. The molecule has 5 aromatic carbocycles. The van der Waals surface area contributed by atoms with Crippen molar-refractivity contribution in [2.24, 2.45) is 0 Å². The molecular weight excluding hydrogens is 826 g/mol. The first-order chi connectivity index (χ1) is 30.9. The van der Waals surface area contributed by atoms with E-state index in [1.165, 1.54) is 24.0 Å². The van der Waals surface area contributed by atoms with Crippen LogP contribution in [0.25, 0.3) is 22.5 Å². The highest BCUT2D eigenvalue weighted by molar-refractivity contribution is 6.00. The summed E-state index contributed by atoms with van der Waals surface area (Å²) in [5.74, 6) is -0.0823. The highest BCUT2D eigenvalue weighted by Gasteiger charge is 2.51. The van der Waals surface area contributed by atoms with Crippen molar-refractivity contribution in [3.8, 4) is 33.9 Å². The molecule has 7 rings (SSSR count). The first-order valence-corrected chi connectivity index (χ1v) is 20.7. The number of hydrogen-bond acceptors (Lipinski definition) is 8. The van der Waals surface area contributed by atoms with Gasteiger partial charge in [0.1, 0.15) is 29.1 Å². The van der Waals surface area contributed by atoms with E-state index in [2.05, 4.69) is 6.58 Å². The van der Waals surface area contributed by atoms with Gasteiger partial charge in [0, 0.05) is 48.8 Å². The van der Waals surface area contributed by atoms with Gasteiger partial charge in [-0.05, 0) is 83.4 Å². The summed E-state index contributed by atoms with van der Waals surface area (Å²) in [6.07, 6.45) is -3.67. The number of aliphatic hydroxyl groups excluding tert-OH is 1. The number of halogens is 3. The summed E-state index contributed by atoms with van der Waals surface area (Å²) < 4.78 is 64.9. The Labute approximate surface area is 369 Å². The van der Waals surface area contributed by atoms with E-state index in [9.17, 15) is 27.9 Å². The van der Waals surface area contributed by atoms with Gasteiger partial charge in [-0.15, -0.1) is 6.58 Å². The molecule has 2 heterocycles. The molecule has 1 N–H and O–H groups in total. The SMILES string of the molecule is C=CCC(OC(C)=O)[C@@H]1[C@@H](N(Cc2ccc(-c3cccc(C(F)(F)F)c3)o2)C(=O)c2ccc(-c3ccccc3)cc2)c2cc(OCCCO)ccc2N1C(=O)Cc1ccc(OC)cc1. The van der Waals surface area contributed by atoms with Crippen LogP contribution in [0, 0.1) is 0 Å². The quantitative estimate of drug-likeness (QED) is 0.0547. The Bertz CT molecular complexity index is 2570. The number of benzene rings is 5. The molecule has 13 heteroatoms. The number of esters is 1. The second kappa shape index (κ2) is 19.9. The molecule has 3 atom stereocenters. The summed E-state index contributed by atoms with van der Waals surface area (Å²) in [6.45, 7) is 5.04. The minimum absolute atomic E-state index is 0.0737. The van der Waals surface area contributed by atoms with Gasteiger partial charge in [0.2, 0.25) is 5.91 Å². The number of ether oxygens (including phenoxy) is 3. The maximum absolute atomic E-state index is 15.4. The molecule has 0 saturated carbocycles. The summed E-state index contributed by atoms with van der Waals surface area (Å²) in [4.78, 5) is 46.3. The number of carbonyl (C=O) groups is 3. The third kappa shape index (κ3) is 10.2. The second-order valence-electron chi connectivity index (χ2n) is 15.3. The van der Waals surface area contributed by atoms with Crippen molar-refractivity contribution in [1.29, 1.82) is 0 Å². The summed E-state index contributed by atoms with van der Waals surface area (Å²) in [5, 5.41) is 9.51. The molecule has 1 unspecified atom stereocenters. The zero-order valence-corrected chi connectivity index (χ0v) is 35.3. The third-order valence-electron chi connectivity index (χ3n) is 10.9. The molecule has 0 spiro atoms. The van der Waals surface area contributed by atoms with Crippen LogP contribution >= 0.6 is 0 Å². The Morgan fingerprint density at radius 3 is 2.23 bits per heavy atom. The molecule has 2 amide bonds. The number of fused-ring (bicyclic) bond motifs is 1. The summed E-state index contributed by atoms with van der Waals surface area (Å²) >= 11 is 0. The van der Waals surface area contributed by atoms with Gasteiger partial charge >= 0.3 is 12.1 Å². The van der Waals surface area contributed by atoms with Gasteiger partial charge in [0.05, 0.1) is 44.3 Å². The van der Waals surface area contributed by atoms with Crippen molar-refractivity contribution in [3.05, 3.63) is 174 Å². The predicted molar refractivity (Wildman–Crippen MR) is 236 cm³/mol. The molecular formula is C51H47F3N2O8. The number of rotatable bonds is 17. The molecule has 1 aliphatic rings. The van der Waals surface area contributed by atoms with Gasteiger partial charge in [-0.1, -0.05) is 72.8 Å². The highest BCUT2D eigenvalue weighted by Crippen LogP contribution is 2.48. The molecule has 1 aliphatic heterocycles. The molecule has 64 heavy (non-hydrogen) atoms. The van der Waals surface area contributed by atoms with Crippen LogP contribution in [0.15, 0.2) is 151 Å². The normalized spacial score (nSPS) is 14.9. The summed E-state index contributed by atoms with van der Waals surface area (Å²) in [6, 6.07) is 34.7. The van der Waals surface area contributed by atoms with E-state index >= 15 is 4.79 Å². The fourth-order valence-electron chi connectivity index (χ4n) is 8.01. The van der Waals surface area contributed by atoms with E-state index in [0.717, 1.165) is 23.3 Å². The standard InChI is InChI=1S/C51H47F3N2O8/c1-4-10-46(63-33(2)58)49-48(43-31-41(62-28-9-27-57)23-25-44(43)56(49)47(59)29-34-15-21-40(61-3)22-16-34)55(50(60)37-19-17-36(18-20-37)35-11-6-5-7-12-35)32-42-24-26-45(64-42)38-13-8-14-39(30-38)51(52,53)54/h4-8,11-26,30-31,46,48-49,57H,1,9-10,27-29,32H2,2-3H3/t46?,48-,49+/m0/s1. The average molecular weight is 873 g/mol. The van der Waals surface area contributed by atoms with Gasteiger partial charge < -0.3 is 33.5 Å². The first kappa shape index (κ1) is 44.9. The molecule has 10 nitrogen and oxygen atoms in total. The van der Waals surface area contributed by atoms with Crippen molar-refractivity contribution >= 4 is 23.5 Å². The van der Waals surface area contributed by atoms with Crippen molar-refractivity contribution in [2.45, 2.75) is 57.1 Å². The lowest BCUT2D eigenvalue weighted by Gasteiger charge is -2.39. The molecule has 0 radical (unpaired) electrons. The molecule has 1 aromatic heterocycles. The second-order valence-corrected chi connectivity index (χ2v) is 15.3. The van der Waals surface area contributed by atoms with Crippen molar-refractivity contribution < 1.29 is 51.3 Å². The number of furan rings is 1. The Hall–Kier alpha value is -7.12. The smallest absolute Gasteiger partial charge is 0.416 e. The summed E-state index contributed by atoms with van der Waals surface area (Å²) in [7, 11) is 1.54. The third-order valence-corrected chi connectivity index (χ3v) is 10.9. The maximum atomic E-state index is 15.4. The number of methoxy groups -OCH3 is 1. The van der Waals surface area contributed by atoms with E-state index in [1.54, 1.807) is 84.8 Å². The number of alkyl halides is 3. The van der Waals surface area contributed by atoms with Crippen LogP contribution in [0.5, 0.6) is 11.5 Å². The predicted octanol–water partition coefficient (Wildman–Crippen LogP) is 10.3. The lowest BCUT2D eigenvalue weighted by molar-refractivity contribution is -0.148. The fraction of sp³-hybridized carbons (Fsp3) is 0.235. The lowest BCUT2D eigenvalue weighted by atomic mass is 9.93. The molecule has 330 valence electrons. The van der Waals surface area contributed by atoms with Crippen LogP contribution in [0.4, 0.5) is 18.9 Å². The zero-order chi connectivity index (χ0) is 45.4. The van der Waals surface area contributed by atoms with Crippen LogP contribution in [0.1, 0.15) is 58.6 Å². The van der Waals surface area contributed by atoms with E-state index in [4.69, 9.17) is 18.6 Å². The number of hydrogen-bond donors (Lipinski definition) is 1. The number of aliphatic hydroxyl groups is 1. The highest BCUT2D eigenvalue weighted by atomic mass is 19.4. The maximum Gasteiger partial charge on any atom is 0.416 e. The Morgan fingerprint density at radius 1 is 0.859 bits per heavy atom. The average Bonchev–Trinajstić information content (AvgIpc) is 3.91. The van der Waals surface area contributed by atoms with Crippen LogP contribution in [-0.2, 0) is 33.5 Å². The Kier molecular flexibility index (Phi) is 14.0. The van der Waals surface area contributed by atoms with E-state index in [-0.39, 0.29) is 61.2 Å². The molecule has 0 fully saturated rings. The minimum atomic E-state index is -4.59. The van der Waals surface area contributed by atoms with Gasteiger partial charge in [0.15, 0.2) is 0 Å². The first-order valence-electron chi connectivity index (χ1n) is 20.7. The molecule has 0 saturated heterocycles. The largest absolute Gasteiger partial charge is 0.497 e. The van der Waals surface area contributed by atoms with Gasteiger partial charge in [-0.2, -0.15) is 13.2 Å². The van der Waals surface area contributed by atoms with Crippen LogP contribution in [0.3, 0.4) is 0 Å². The van der Waals surface area contributed by atoms with E-state index < -0.39 is 41.8 Å². The molecule has 0 aliphatic carbocycles. The number of anilines is 1. The van der Waals surface area contributed by atoms with E-state index in [1.807, 2.05) is 42.5 Å². The monoisotopic (exact) mass is 872 g/mol. The van der Waals surface area contributed by atoms with Gasteiger partial charge in [-0.3, -0.25) is 14.4 Å².